The van der Waals surface area contributed by atoms with Crippen LogP contribution in [-0.2, 0) is 23.9 Å². The topological polar surface area (TPSA) is 84.9 Å². The van der Waals surface area contributed by atoms with Crippen molar-refractivity contribution in [3.8, 4) is 0 Å². The van der Waals surface area contributed by atoms with Gasteiger partial charge in [0.25, 0.3) is 0 Å². The lowest BCUT2D eigenvalue weighted by molar-refractivity contribution is -0.149. The fourth-order valence-corrected chi connectivity index (χ4v) is 5.10. The number of nitrogens with one attached hydrogen (secondary N) is 1. The smallest absolute Gasteiger partial charge is 0.325 e. The summed E-state index contributed by atoms with van der Waals surface area (Å²) in [6.07, 6.45) is 10.2. The molecule has 3 aliphatic heterocycles. The van der Waals surface area contributed by atoms with Crippen molar-refractivity contribution in [3.63, 3.8) is 0 Å². The van der Waals surface area contributed by atoms with Gasteiger partial charge in [0.15, 0.2) is 0 Å². The van der Waals surface area contributed by atoms with Crippen molar-refractivity contribution in [2.75, 3.05) is 19.7 Å². The lowest BCUT2D eigenvalue weighted by atomic mass is 9.76. The van der Waals surface area contributed by atoms with E-state index in [0.29, 0.717) is 6.54 Å². The monoisotopic (exact) mass is 376 g/mol. The number of nitrogens with zero attached hydrogens (tertiary/aromatic N) is 1. The number of esters is 1. The first kappa shape index (κ1) is 18.5. The van der Waals surface area contributed by atoms with E-state index < -0.39 is 23.4 Å². The van der Waals surface area contributed by atoms with Gasteiger partial charge in [-0.15, -0.1) is 0 Å². The molecule has 1 N–H and O–H groups in total. The number of amides is 2. The van der Waals surface area contributed by atoms with Crippen LogP contribution in [0.5, 0.6) is 0 Å². The molecule has 7 nitrogen and oxygen atoms in total. The van der Waals surface area contributed by atoms with Gasteiger partial charge in [0.1, 0.15) is 12.1 Å². The summed E-state index contributed by atoms with van der Waals surface area (Å²) in [6, 6.07) is 0.186. The van der Waals surface area contributed by atoms with Crippen LogP contribution in [0.2, 0.25) is 0 Å². The van der Waals surface area contributed by atoms with Gasteiger partial charge in [-0.2, -0.15) is 0 Å². The molecule has 1 spiro atoms. The molecule has 2 saturated heterocycles. The number of fused-ring (bicyclic) bond motifs is 1. The fraction of sp³-hybridized carbons (Fsp3) is 0.750. The van der Waals surface area contributed by atoms with Crippen LogP contribution in [0.15, 0.2) is 12.2 Å². The maximum atomic E-state index is 13.0. The predicted octanol–water partition coefficient (Wildman–Crippen LogP) is 1.17. The molecule has 2 unspecified atom stereocenters. The summed E-state index contributed by atoms with van der Waals surface area (Å²) in [5.41, 5.74) is -0.778. The fourth-order valence-electron chi connectivity index (χ4n) is 5.10. The van der Waals surface area contributed by atoms with Crippen LogP contribution < -0.4 is 5.32 Å². The summed E-state index contributed by atoms with van der Waals surface area (Å²) < 4.78 is 11.1. The van der Waals surface area contributed by atoms with E-state index in [0.717, 1.165) is 25.7 Å². The van der Waals surface area contributed by atoms with Gasteiger partial charge in [0, 0.05) is 6.04 Å². The summed E-state index contributed by atoms with van der Waals surface area (Å²) in [6.45, 7) is 2.22. The van der Waals surface area contributed by atoms with Crippen molar-refractivity contribution >= 4 is 17.8 Å². The Morgan fingerprint density at radius 3 is 2.74 bits per heavy atom. The highest BCUT2D eigenvalue weighted by atomic mass is 16.5. The van der Waals surface area contributed by atoms with Gasteiger partial charge >= 0.3 is 5.97 Å². The number of carbonyl (C=O) groups is 3. The summed E-state index contributed by atoms with van der Waals surface area (Å²) in [7, 11) is 0. The van der Waals surface area contributed by atoms with E-state index >= 15 is 0 Å². The number of likely N-dealkylation sites (tertiary alicyclic amines) is 1. The molecule has 1 saturated carbocycles. The number of hydrogen-bond acceptors (Lipinski definition) is 5. The van der Waals surface area contributed by atoms with E-state index in [2.05, 4.69) is 5.32 Å². The zero-order valence-corrected chi connectivity index (χ0v) is 15.8. The van der Waals surface area contributed by atoms with E-state index in [1.165, 1.54) is 17.7 Å². The third kappa shape index (κ3) is 3.26. The van der Waals surface area contributed by atoms with Crippen LogP contribution in [-0.4, -0.2) is 60.1 Å². The third-order valence-electron chi connectivity index (χ3n) is 6.31. The maximum absolute atomic E-state index is 13.0. The van der Waals surface area contributed by atoms with Crippen molar-refractivity contribution in [1.29, 1.82) is 0 Å². The summed E-state index contributed by atoms with van der Waals surface area (Å²) >= 11 is 0. The lowest BCUT2D eigenvalue weighted by Crippen LogP contribution is -2.47. The standard InChI is InChI=1S/C20H28N2O5/c1-2-26-15(23)11-22-12-20-10-9-14(27-20)16(17(20)19(22)25)18(24)21-13-7-5-3-4-6-8-13/h9-10,13-14,16-17H,2-8,11-12H2,1H3,(H,21,24)/t14-,16?,17-,20?/m1/s1. The number of hydrogen-bond donors (Lipinski definition) is 1. The molecule has 1 aliphatic carbocycles. The average Bonchev–Trinajstić information content (AvgIpc) is 3.17. The molecule has 4 aliphatic rings. The normalized spacial score (nSPS) is 35.2. The van der Waals surface area contributed by atoms with Crippen molar-refractivity contribution in [3.05, 3.63) is 12.2 Å². The van der Waals surface area contributed by atoms with E-state index in [4.69, 9.17) is 9.47 Å². The van der Waals surface area contributed by atoms with Crippen LogP contribution >= 0.6 is 0 Å². The Balaban J connectivity index is 1.47. The van der Waals surface area contributed by atoms with Crippen molar-refractivity contribution < 1.29 is 23.9 Å². The van der Waals surface area contributed by atoms with Gasteiger partial charge in [0.05, 0.1) is 31.1 Å². The molecule has 0 aromatic heterocycles. The van der Waals surface area contributed by atoms with Gasteiger partial charge < -0.3 is 19.7 Å². The molecule has 148 valence electrons. The number of rotatable bonds is 5. The molecular weight excluding hydrogens is 348 g/mol. The van der Waals surface area contributed by atoms with Gasteiger partial charge in [-0.05, 0) is 19.8 Å². The SMILES string of the molecule is CCOC(=O)CN1CC23C=C[C@@H](O2)C(C(=O)NC2CCCCCC2)[C@@H]3C1=O. The van der Waals surface area contributed by atoms with E-state index in [-0.39, 0.29) is 37.1 Å². The highest BCUT2D eigenvalue weighted by Crippen LogP contribution is 2.51. The second kappa shape index (κ2) is 7.26. The first-order valence-corrected chi connectivity index (χ1v) is 10.2. The molecule has 2 amide bonds. The molecule has 3 fully saturated rings. The van der Waals surface area contributed by atoms with E-state index in [1.807, 2.05) is 12.2 Å². The molecule has 3 heterocycles. The summed E-state index contributed by atoms with van der Waals surface area (Å²) in [5.74, 6) is -1.77. The number of ether oxygens (including phenoxy) is 2. The first-order valence-electron chi connectivity index (χ1n) is 10.2. The predicted molar refractivity (Wildman–Crippen MR) is 96.6 cm³/mol. The van der Waals surface area contributed by atoms with Crippen LogP contribution in [0.3, 0.4) is 0 Å². The van der Waals surface area contributed by atoms with Gasteiger partial charge in [0.2, 0.25) is 11.8 Å². The highest BCUT2D eigenvalue weighted by Gasteiger charge is 2.67. The average molecular weight is 376 g/mol. The Morgan fingerprint density at radius 2 is 2.04 bits per heavy atom. The molecule has 4 atom stereocenters. The van der Waals surface area contributed by atoms with Gasteiger partial charge in [-0.25, -0.2) is 0 Å². The van der Waals surface area contributed by atoms with Crippen LogP contribution in [0.25, 0.3) is 0 Å². The quantitative estimate of drug-likeness (QED) is 0.442. The second-order valence-corrected chi connectivity index (χ2v) is 8.10. The Bertz CT molecular complexity index is 655. The van der Waals surface area contributed by atoms with Crippen molar-refractivity contribution in [2.45, 2.75) is 63.2 Å². The zero-order chi connectivity index (χ0) is 19.0. The molecule has 7 heteroatoms. The van der Waals surface area contributed by atoms with E-state index in [9.17, 15) is 14.4 Å². The Morgan fingerprint density at radius 1 is 1.30 bits per heavy atom. The Labute approximate surface area is 159 Å². The van der Waals surface area contributed by atoms with Gasteiger partial charge in [-0.3, -0.25) is 14.4 Å². The van der Waals surface area contributed by atoms with Gasteiger partial charge in [-0.1, -0.05) is 37.8 Å². The summed E-state index contributed by atoms with van der Waals surface area (Å²) in [4.78, 5) is 39.3. The molecule has 27 heavy (non-hydrogen) atoms. The largest absolute Gasteiger partial charge is 0.465 e. The third-order valence-corrected chi connectivity index (χ3v) is 6.31. The molecule has 0 aromatic rings. The van der Waals surface area contributed by atoms with Crippen LogP contribution in [0, 0.1) is 11.8 Å². The Kier molecular flexibility index (Phi) is 4.97. The molecular formula is C20H28N2O5. The van der Waals surface area contributed by atoms with Crippen molar-refractivity contribution in [2.24, 2.45) is 11.8 Å². The first-order chi connectivity index (χ1) is 13.0. The highest BCUT2D eigenvalue weighted by molar-refractivity contribution is 5.94. The molecule has 0 radical (unpaired) electrons. The lowest BCUT2D eigenvalue weighted by Gasteiger charge is -2.26. The second-order valence-electron chi connectivity index (χ2n) is 8.10. The summed E-state index contributed by atoms with van der Waals surface area (Å²) in [5, 5.41) is 3.18. The van der Waals surface area contributed by atoms with Crippen LogP contribution in [0.4, 0.5) is 0 Å². The minimum absolute atomic E-state index is 0.0885. The minimum atomic E-state index is -0.778. The molecule has 2 bridgehead atoms. The minimum Gasteiger partial charge on any atom is -0.465 e. The van der Waals surface area contributed by atoms with Crippen molar-refractivity contribution in [1.82, 2.24) is 10.2 Å². The maximum Gasteiger partial charge on any atom is 0.325 e. The number of carbonyl (C=O) groups excluding carboxylic acids is 3. The Hall–Kier alpha value is -1.89. The molecule has 0 aromatic carbocycles. The van der Waals surface area contributed by atoms with Crippen LogP contribution in [0.1, 0.15) is 45.4 Å². The van der Waals surface area contributed by atoms with E-state index in [1.54, 1.807) is 6.92 Å². The molecule has 4 rings (SSSR count). The zero-order valence-electron chi connectivity index (χ0n) is 15.8.